The van der Waals surface area contributed by atoms with Crippen LogP contribution in [0, 0.1) is 5.92 Å². The minimum atomic E-state index is -4.14. The number of hydrogen-bond acceptors (Lipinski definition) is 7. The number of amides is 3. The fourth-order valence-electron chi connectivity index (χ4n) is 6.12. The molecule has 0 bridgehead atoms. The lowest BCUT2D eigenvalue weighted by molar-refractivity contribution is -0.119. The number of hydrogen-bond donors (Lipinski definition) is 2. The molecule has 2 aromatic carbocycles. The zero-order valence-corrected chi connectivity index (χ0v) is 34.6. The number of nitrogens with zero attached hydrogens (tertiary/aromatic N) is 4. The lowest BCUT2D eigenvalue weighted by atomic mass is 9.83. The lowest BCUT2D eigenvalue weighted by Crippen LogP contribution is -2.55. The van der Waals surface area contributed by atoms with Crippen molar-refractivity contribution in [2.45, 2.75) is 77.4 Å². The Kier molecular flexibility index (Phi) is 14.5. The van der Waals surface area contributed by atoms with Crippen molar-refractivity contribution < 1.29 is 22.7 Å². The van der Waals surface area contributed by atoms with E-state index in [2.05, 4.69) is 14.9 Å². The van der Waals surface area contributed by atoms with Crippen molar-refractivity contribution in [1.82, 2.24) is 24.7 Å². The van der Waals surface area contributed by atoms with Crippen molar-refractivity contribution in [2.75, 3.05) is 45.9 Å². The van der Waals surface area contributed by atoms with E-state index in [0.717, 1.165) is 5.56 Å². The summed E-state index contributed by atoms with van der Waals surface area (Å²) in [5, 5.41) is 3.98. The summed E-state index contributed by atoms with van der Waals surface area (Å²) in [5.74, 6) is 0.311. The van der Waals surface area contributed by atoms with Crippen molar-refractivity contribution >= 4 is 62.6 Å². The first kappa shape index (κ1) is 42.6. The van der Waals surface area contributed by atoms with Crippen LogP contribution in [0.3, 0.4) is 0 Å². The van der Waals surface area contributed by atoms with Crippen molar-refractivity contribution in [3.05, 3.63) is 80.8 Å². The number of aliphatic imine (C=N–C) groups is 1. The Bertz CT molecular complexity index is 1830. The third kappa shape index (κ3) is 11.9. The molecule has 1 heterocycles. The van der Waals surface area contributed by atoms with Gasteiger partial charge in [0.25, 0.3) is 0 Å². The number of amidine groups is 1. The number of allylic oxidation sites excluding steroid dienone is 3. The summed E-state index contributed by atoms with van der Waals surface area (Å²) >= 11 is 19.3. The summed E-state index contributed by atoms with van der Waals surface area (Å²) in [6.45, 7) is 16.0. The number of piperazine rings is 1. The van der Waals surface area contributed by atoms with Gasteiger partial charge in [-0.25, -0.2) is 17.9 Å². The molecule has 2 N–H and O–H groups in total. The predicted molar refractivity (Wildman–Crippen MR) is 214 cm³/mol. The van der Waals surface area contributed by atoms with Crippen LogP contribution >= 0.6 is 34.8 Å². The van der Waals surface area contributed by atoms with Gasteiger partial charge in [0.1, 0.15) is 16.5 Å². The minimum Gasteiger partial charge on any atom is -0.493 e. The molecule has 1 aliphatic heterocycles. The van der Waals surface area contributed by atoms with Gasteiger partial charge in [0, 0.05) is 73.8 Å². The number of benzene rings is 2. The Morgan fingerprint density at radius 1 is 1.02 bits per heavy atom. The molecule has 1 fully saturated rings. The summed E-state index contributed by atoms with van der Waals surface area (Å²) < 4.78 is 36.5. The van der Waals surface area contributed by atoms with Gasteiger partial charge in [0.15, 0.2) is 0 Å². The molecule has 1 aliphatic carbocycles. The van der Waals surface area contributed by atoms with Gasteiger partial charge in [-0.3, -0.25) is 19.6 Å². The van der Waals surface area contributed by atoms with Crippen LogP contribution in [0.5, 0.6) is 5.75 Å². The molecular weight excluding hydrogens is 759 g/mol. The molecule has 11 nitrogen and oxygen atoms in total. The third-order valence-corrected chi connectivity index (χ3v) is 11.6. The molecule has 0 spiro atoms. The highest BCUT2D eigenvalue weighted by atomic mass is 35.5. The Morgan fingerprint density at radius 3 is 2.25 bits per heavy atom. The highest BCUT2D eigenvalue weighted by molar-refractivity contribution is 7.89. The molecular formula is C38H51Cl3N6O5S. The number of nitrogens with one attached hydrogen (secondary N) is 2. The molecule has 3 amide bonds. The first-order valence-corrected chi connectivity index (χ1v) is 20.3. The fourth-order valence-corrected chi connectivity index (χ4v) is 8.37. The molecule has 1 atom stereocenters. The lowest BCUT2D eigenvalue weighted by Gasteiger charge is -2.39. The van der Waals surface area contributed by atoms with E-state index in [1.165, 1.54) is 19.1 Å². The van der Waals surface area contributed by atoms with E-state index in [1.54, 1.807) is 42.7 Å². The highest BCUT2D eigenvalue weighted by Crippen LogP contribution is 2.36. The van der Waals surface area contributed by atoms with Crippen LogP contribution in [0.2, 0.25) is 10.0 Å². The van der Waals surface area contributed by atoms with Gasteiger partial charge < -0.3 is 15.0 Å². The van der Waals surface area contributed by atoms with Crippen LogP contribution in [0.15, 0.2) is 69.5 Å². The average molecular weight is 810 g/mol. The number of halogens is 3. The van der Waals surface area contributed by atoms with Crippen LogP contribution < -0.4 is 14.8 Å². The summed E-state index contributed by atoms with van der Waals surface area (Å²) in [6, 6.07) is 9.82. The molecule has 0 aromatic heterocycles. The molecule has 1 unspecified atom stereocenters. The molecule has 15 heteroatoms. The van der Waals surface area contributed by atoms with E-state index >= 15 is 0 Å². The maximum Gasteiger partial charge on any atom is 0.326 e. The van der Waals surface area contributed by atoms with E-state index in [1.807, 2.05) is 51.1 Å². The largest absolute Gasteiger partial charge is 0.493 e. The van der Waals surface area contributed by atoms with Crippen molar-refractivity contribution in [3.8, 4) is 5.75 Å². The van der Waals surface area contributed by atoms with Crippen molar-refractivity contribution in [2.24, 2.45) is 10.9 Å². The molecule has 0 saturated carbocycles. The highest BCUT2D eigenvalue weighted by Gasteiger charge is 2.36. The second-order valence-electron chi connectivity index (χ2n) is 14.8. The normalized spacial score (nSPS) is 17.4. The Balaban J connectivity index is 1.91. The Hall–Kier alpha value is -3.13. The Labute approximate surface area is 329 Å². The van der Waals surface area contributed by atoms with Crippen molar-refractivity contribution in [3.63, 3.8) is 0 Å². The Morgan fingerprint density at radius 2 is 1.68 bits per heavy atom. The number of sulfonamides is 1. The zero-order chi connectivity index (χ0) is 39.1. The molecule has 4 rings (SSSR count). The monoisotopic (exact) mass is 808 g/mol. The van der Waals surface area contributed by atoms with Gasteiger partial charge in [0.05, 0.1) is 29.3 Å². The maximum atomic E-state index is 14.9. The topological polar surface area (TPSA) is 124 Å². The van der Waals surface area contributed by atoms with E-state index < -0.39 is 21.1 Å². The van der Waals surface area contributed by atoms with Crippen molar-refractivity contribution in [1.29, 1.82) is 0 Å². The minimum absolute atomic E-state index is 0.0338. The van der Waals surface area contributed by atoms with Crippen LogP contribution in [0.25, 0.3) is 0 Å². The maximum absolute atomic E-state index is 14.9. The SMILES string of the molecule is CCOc1cc(Cl)c(S(=O)(=O)NC(C)(C)C)cc1C(=NC(C)(C)C1C=CC(Cl)=CC1)N(Cc1ccc(Cl)cc1)C(=O)N1CCN(CCNC(C)=O)CC1. The predicted octanol–water partition coefficient (Wildman–Crippen LogP) is 7.07. The number of rotatable bonds is 12. The number of urea groups is 1. The van der Waals surface area contributed by atoms with Gasteiger partial charge in [-0.2, -0.15) is 0 Å². The summed E-state index contributed by atoms with van der Waals surface area (Å²) in [6.07, 6.45) is 6.38. The molecule has 53 heavy (non-hydrogen) atoms. The molecule has 290 valence electrons. The zero-order valence-electron chi connectivity index (χ0n) is 31.5. The molecule has 0 radical (unpaired) electrons. The first-order chi connectivity index (χ1) is 24.8. The van der Waals surface area contributed by atoms with Gasteiger partial charge in [0.2, 0.25) is 15.9 Å². The quantitative estimate of drug-likeness (QED) is 0.175. The average Bonchev–Trinajstić information content (AvgIpc) is 3.06. The fraction of sp³-hybridized carbons (Fsp3) is 0.500. The second kappa shape index (κ2) is 18.0. The van der Waals surface area contributed by atoms with Gasteiger partial charge in [-0.15, -0.1) is 0 Å². The van der Waals surface area contributed by atoms with Gasteiger partial charge in [-0.1, -0.05) is 59.1 Å². The van der Waals surface area contributed by atoms with Crippen LogP contribution in [0.4, 0.5) is 4.79 Å². The van der Waals surface area contributed by atoms with E-state index in [9.17, 15) is 18.0 Å². The molecule has 1 saturated heterocycles. The standard InChI is InChI=1S/C38H51Cl3N6O5S/c1-8-52-33-24-32(41)34(53(50,51)44-37(3,4)5)23-31(33)35(43-38(6,7)28-11-15-30(40)16-12-28)47(25-27-9-13-29(39)14-10-27)36(49)46-21-19-45(20-22-46)18-17-42-26(2)48/h9-11,13-16,23-24,28,44H,8,12,17-22,25H2,1-7H3,(H,42,48). The van der Waals surface area contributed by atoms with Crippen LogP contribution in [-0.4, -0.2) is 97.8 Å². The second-order valence-corrected chi connectivity index (χ2v) is 17.7. The molecule has 2 aliphatic rings. The van der Waals surface area contributed by atoms with E-state index in [0.29, 0.717) is 61.3 Å². The van der Waals surface area contributed by atoms with Crippen LogP contribution in [-0.2, 0) is 21.4 Å². The molecule has 2 aromatic rings. The summed E-state index contributed by atoms with van der Waals surface area (Å²) in [4.78, 5) is 37.1. The van der Waals surface area contributed by atoms with E-state index in [-0.39, 0.29) is 52.5 Å². The third-order valence-electron chi connectivity index (χ3n) is 8.85. The van der Waals surface area contributed by atoms with Gasteiger partial charge in [-0.05, 0) is 77.8 Å². The van der Waals surface area contributed by atoms with E-state index in [4.69, 9.17) is 44.5 Å². The van der Waals surface area contributed by atoms with Gasteiger partial charge >= 0.3 is 6.03 Å². The summed E-state index contributed by atoms with van der Waals surface area (Å²) in [7, 11) is -4.14. The number of carbonyl (C=O) groups is 2. The smallest absolute Gasteiger partial charge is 0.326 e. The first-order valence-electron chi connectivity index (χ1n) is 17.7. The summed E-state index contributed by atoms with van der Waals surface area (Å²) in [5.41, 5.74) is -0.540. The number of carbonyl (C=O) groups excluding carboxylic acids is 2. The number of ether oxygens (including phenoxy) is 1. The van der Waals surface area contributed by atoms with Crippen LogP contribution in [0.1, 0.15) is 66.0 Å².